The van der Waals surface area contributed by atoms with Gasteiger partial charge in [0.15, 0.2) is 23.2 Å². The number of hydrogen-bond donors (Lipinski definition) is 7. The number of aliphatic hydroxyl groups excluding tert-OH is 3. The third-order valence-electron chi connectivity index (χ3n) is 10.4. The molecule has 1 unspecified atom stereocenters. The van der Waals surface area contributed by atoms with Crippen LogP contribution in [0.15, 0.2) is 65.1 Å². The van der Waals surface area contributed by atoms with E-state index in [2.05, 4.69) is 10.3 Å². The molecule has 6 aliphatic rings. The quantitative estimate of drug-likeness (QED) is 0.120. The van der Waals surface area contributed by atoms with E-state index in [9.17, 15) is 24.9 Å². The van der Waals surface area contributed by atoms with Crippen LogP contribution in [0.25, 0.3) is 0 Å². The number of methoxy groups -OCH3 is 2. The predicted octanol–water partition coefficient (Wildman–Crippen LogP) is -1.09. The highest BCUT2D eigenvalue weighted by molar-refractivity contribution is 5.90. The number of benzene rings is 2. The molecular formula is C36H39N4O13+. The summed E-state index contributed by atoms with van der Waals surface area (Å²) in [5.41, 5.74) is 8.66. The van der Waals surface area contributed by atoms with Crippen molar-refractivity contribution in [3.8, 4) is 28.7 Å². The average molecular weight is 736 g/mol. The molecule has 1 spiro atoms. The zero-order chi connectivity index (χ0) is 37.2. The van der Waals surface area contributed by atoms with Gasteiger partial charge in [-0.15, -0.1) is 0 Å². The third-order valence-corrected chi connectivity index (χ3v) is 10.4. The molecule has 6 heterocycles. The van der Waals surface area contributed by atoms with Gasteiger partial charge in [0.05, 0.1) is 26.7 Å². The number of ether oxygens (including phenoxy) is 7. The Labute approximate surface area is 302 Å². The van der Waals surface area contributed by atoms with Crippen LogP contribution in [0.5, 0.6) is 28.7 Å². The molecule has 53 heavy (non-hydrogen) atoms. The average Bonchev–Trinajstić information content (AvgIpc) is 3.84. The van der Waals surface area contributed by atoms with Gasteiger partial charge in [0.2, 0.25) is 12.0 Å². The molecule has 0 bridgehead atoms. The molecule has 0 radical (unpaired) electrons. The molecule has 0 aromatic heterocycles. The molecule has 280 valence electrons. The van der Waals surface area contributed by atoms with Gasteiger partial charge in [0.1, 0.15) is 73.5 Å². The van der Waals surface area contributed by atoms with Crippen LogP contribution in [0.4, 0.5) is 0 Å². The van der Waals surface area contributed by atoms with Crippen molar-refractivity contribution in [3.05, 3.63) is 76.8 Å². The normalized spacial score (nSPS) is 32.9. The molecule has 17 heteroatoms. The number of nitrogens with two attached hydrogens (primary N) is 1. The lowest BCUT2D eigenvalue weighted by Gasteiger charge is -2.52. The number of aliphatic hydroxyl groups is 3. The number of fused-ring (bicyclic) bond motifs is 6. The number of esters is 1. The molecule has 2 aromatic carbocycles. The number of hydrogen-bond acceptors (Lipinski definition) is 15. The Balaban J connectivity index is 1.15. The Bertz CT molecular complexity index is 1960. The minimum atomic E-state index is -2.05. The molecular weight excluding hydrogens is 696 g/mol. The maximum atomic E-state index is 12.5. The van der Waals surface area contributed by atoms with E-state index >= 15 is 0 Å². The van der Waals surface area contributed by atoms with Crippen LogP contribution in [-0.4, -0.2) is 108 Å². The molecule has 0 saturated carbocycles. The van der Waals surface area contributed by atoms with Gasteiger partial charge in [-0.2, -0.15) is 0 Å². The van der Waals surface area contributed by atoms with Crippen molar-refractivity contribution in [1.82, 2.24) is 5.32 Å². The zero-order valence-corrected chi connectivity index (χ0v) is 28.6. The molecule has 1 fully saturated rings. The lowest BCUT2D eigenvalue weighted by atomic mass is 9.79. The minimum Gasteiger partial charge on any atom is -0.493 e. The summed E-state index contributed by atoms with van der Waals surface area (Å²) in [6.45, 7) is 1.42. The summed E-state index contributed by atoms with van der Waals surface area (Å²) < 4.78 is 42.1. The standard InChI is InChI=1S/C36H38N4O13/c1-47-22-4-3-19-20-15-49-23-10-18(9-17(13-40-12-16-5-7-38-21(16)14-40)26(23)29(20)52-30(19)31(22)48-2)50-35-28(45)27(44)32(46)36(53-35)6-8-39-34(37)33(36)51-25(43)11-24(41)42/h3-10,14,20,27-29,32-35,39,44-46H,11-13,15,37H2,1-2H3,(H,41,42)/p+1/t20-,27+,28+,29+,32-,33+,34-,35+,36-/m0/s1. The topological polar surface area (TPSA) is 235 Å². The van der Waals surface area contributed by atoms with E-state index in [-0.39, 0.29) is 18.3 Å². The van der Waals surface area contributed by atoms with E-state index in [1.807, 2.05) is 24.4 Å². The van der Waals surface area contributed by atoms with Crippen LogP contribution >= 0.6 is 0 Å². The molecule has 8 rings (SSSR count). The number of carbonyl (C=O) groups is 2. The van der Waals surface area contributed by atoms with Gasteiger partial charge >= 0.3 is 11.9 Å². The Morgan fingerprint density at radius 2 is 1.98 bits per heavy atom. The fourth-order valence-electron chi connectivity index (χ4n) is 7.91. The summed E-state index contributed by atoms with van der Waals surface area (Å²) >= 11 is 0. The van der Waals surface area contributed by atoms with Gasteiger partial charge in [-0.1, -0.05) is 6.07 Å². The number of allylic oxidation sites excluding steroid dienone is 1. The fraction of sp³-hybridized carbons (Fsp3) is 0.417. The summed E-state index contributed by atoms with van der Waals surface area (Å²) in [4.78, 5) is 29.2. The Kier molecular flexibility index (Phi) is 8.79. The number of nitrogens with one attached hydrogen (secondary N) is 2. The van der Waals surface area contributed by atoms with Crippen molar-refractivity contribution in [2.45, 2.75) is 67.5 Å². The molecule has 1 saturated heterocycles. The van der Waals surface area contributed by atoms with Gasteiger partial charge in [-0.3, -0.25) is 19.5 Å². The van der Waals surface area contributed by atoms with Gasteiger partial charge in [0.25, 0.3) is 0 Å². The van der Waals surface area contributed by atoms with E-state index < -0.39 is 66.9 Å². The first-order valence-electron chi connectivity index (χ1n) is 17.0. The molecule has 0 aliphatic carbocycles. The predicted molar refractivity (Wildman–Crippen MR) is 180 cm³/mol. The van der Waals surface area contributed by atoms with E-state index in [1.54, 1.807) is 32.6 Å². The number of aliphatic imine (C=N–C) groups is 1. The number of carboxylic acids is 1. The second-order valence-electron chi connectivity index (χ2n) is 13.6. The van der Waals surface area contributed by atoms with Crippen LogP contribution in [0.1, 0.15) is 35.1 Å². The Morgan fingerprint density at radius 1 is 1.15 bits per heavy atom. The molecule has 10 atom stereocenters. The van der Waals surface area contributed by atoms with E-state index in [4.69, 9.17) is 44.0 Å². The second-order valence-corrected chi connectivity index (χ2v) is 13.6. The molecule has 6 aliphatic heterocycles. The van der Waals surface area contributed by atoms with Gasteiger partial charge in [-0.05, 0) is 30.5 Å². The van der Waals surface area contributed by atoms with Crippen molar-refractivity contribution in [2.24, 2.45) is 10.7 Å². The highest BCUT2D eigenvalue weighted by atomic mass is 16.7. The summed E-state index contributed by atoms with van der Waals surface area (Å²) in [5.74, 6) is -0.534. The molecule has 8 N–H and O–H groups in total. The zero-order valence-electron chi connectivity index (χ0n) is 28.6. The molecule has 0 amide bonds. The van der Waals surface area contributed by atoms with Crippen LogP contribution in [0, 0.1) is 0 Å². The van der Waals surface area contributed by atoms with Crippen molar-refractivity contribution in [3.63, 3.8) is 0 Å². The Hall–Kier alpha value is -5.17. The van der Waals surface area contributed by atoms with E-state index in [1.165, 1.54) is 12.3 Å². The van der Waals surface area contributed by atoms with Gasteiger partial charge in [-0.25, -0.2) is 0 Å². The first-order chi connectivity index (χ1) is 25.5. The number of quaternary nitrogens is 1. The van der Waals surface area contributed by atoms with E-state index in [0.29, 0.717) is 36.1 Å². The maximum Gasteiger partial charge on any atom is 0.317 e. The minimum absolute atomic E-state index is 0.168. The van der Waals surface area contributed by atoms with Crippen LogP contribution in [0.2, 0.25) is 0 Å². The highest BCUT2D eigenvalue weighted by Gasteiger charge is 2.61. The van der Waals surface area contributed by atoms with Gasteiger partial charge in [0, 0.05) is 34.5 Å². The van der Waals surface area contributed by atoms with Crippen LogP contribution in [0.3, 0.4) is 0 Å². The van der Waals surface area contributed by atoms with Crippen molar-refractivity contribution in [1.29, 1.82) is 0 Å². The second kappa shape index (κ2) is 13.4. The summed E-state index contributed by atoms with van der Waals surface area (Å²) in [5, 5.41) is 45.4. The smallest absolute Gasteiger partial charge is 0.317 e. The number of carbonyl (C=O) groups excluding carboxylic acids is 1. The fourth-order valence-corrected chi connectivity index (χ4v) is 7.91. The maximum absolute atomic E-state index is 12.5. The Morgan fingerprint density at radius 3 is 2.74 bits per heavy atom. The van der Waals surface area contributed by atoms with Crippen LogP contribution < -0.4 is 39.6 Å². The SMILES string of the molecule is COc1ccc2c(c1OC)O[C@H]1c3c(C[NH+]4C=C5N=CC=C5C4)cc(O[C@@H]4O[C@@]5(C=CN[C@H](N)[C@H]5OC(=O)CC(=O)O)[C@@H](O)[C@H](O)[C@H]4O)cc3OC[C@@H]21. The number of rotatable bonds is 9. The largest absolute Gasteiger partial charge is 0.493 e. The lowest BCUT2D eigenvalue weighted by Crippen LogP contribution is -3.04. The molecule has 17 nitrogen and oxygen atoms in total. The van der Waals surface area contributed by atoms with Crippen molar-refractivity contribution >= 4 is 18.2 Å². The summed E-state index contributed by atoms with van der Waals surface area (Å²) in [6, 6.07) is 7.19. The van der Waals surface area contributed by atoms with Crippen molar-refractivity contribution in [2.75, 3.05) is 27.4 Å². The number of nitrogens with zero attached hydrogens (tertiary/aromatic N) is 1. The van der Waals surface area contributed by atoms with Crippen LogP contribution in [-0.2, 0) is 25.6 Å². The monoisotopic (exact) mass is 735 g/mol. The molecule has 2 aromatic rings. The summed E-state index contributed by atoms with van der Waals surface area (Å²) in [6.07, 6.45) is -2.94. The first-order valence-corrected chi connectivity index (χ1v) is 17.0. The highest BCUT2D eigenvalue weighted by Crippen LogP contribution is 2.57. The number of carboxylic acid groups (broad SMARTS) is 1. The summed E-state index contributed by atoms with van der Waals surface area (Å²) in [7, 11) is 3.11. The first kappa shape index (κ1) is 34.9. The third kappa shape index (κ3) is 5.85. The van der Waals surface area contributed by atoms with Gasteiger partial charge < -0.3 is 64.6 Å². The van der Waals surface area contributed by atoms with Crippen molar-refractivity contribution < 1.29 is 68.1 Å². The number of aliphatic carboxylic acids is 1. The lowest BCUT2D eigenvalue weighted by molar-refractivity contribution is -0.851. The van der Waals surface area contributed by atoms with E-state index in [0.717, 1.165) is 32.9 Å².